The molecule has 0 spiro atoms. The number of carbonyl (C=O) groups is 2. The molecule has 0 saturated carbocycles. The third-order valence-electron chi connectivity index (χ3n) is 11.5. The van der Waals surface area contributed by atoms with Crippen LogP contribution >= 0.6 is 0 Å². The molecule has 12 heteroatoms. The molecule has 4 heterocycles. The first-order chi connectivity index (χ1) is 28.5. The zero-order valence-corrected chi connectivity index (χ0v) is 33.2. The predicted molar refractivity (Wildman–Crippen MR) is 228 cm³/mol. The van der Waals surface area contributed by atoms with Crippen LogP contribution in [-0.2, 0) is 16.1 Å². The zero-order valence-electron chi connectivity index (χ0n) is 33.2. The van der Waals surface area contributed by atoms with Crippen molar-refractivity contribution in [3.8, 4) is 11.1 Å². The quantitative estimate of drug-likeness (QED) is 0.0793. The molecule has 2 fully saturated rings. The van der Waals surface area contributed by atoms with Crippen LogP contribution < -0.4 is 0 Å². The van der Waals surface area contributed by atoms with Gasteiger partial charge in [0.15, 0.2) is 0 Å². The Kier molecular flexibility index (Phi) is 12.1. The summed E-state index contributed by atoms with van der Waals surface area (Å²) in [5.74, 6) is 1.48. The topological polar surface area (TPSA) is 115 Å². The number of allylic oxidation sites excluding steroid dienone is 2. The summed E-state index contributed by atoms with van der Waals surface area (Å²) >= 11 is 0. The highest BCUT2D eigenvalue weighted by atomic mass is 16.7. The maximum atomic E-state index is 13.5. The van der Waals surface area contributed by atoms with Crippen molar-refractivity contribution in [1.82, 2.24) is 19.6 Å². The lowest BCUT2D eigenvalue weighted by Gasteiger charge is -2.38. The van der Waals surface area contributed by atoms with Gasteiger partial charge in [0.2, 0.25) is 11.9 Å². The number of aliphatic imine (C=N–C) groups is 2. The lowest BCUT2D eigenvalue weighted by Crippen LogP contribution is -2.54. The number of guanidine groups is 2. The van der Waals surface area contributed by atoms with Gasteiger partial charge >= 0.3 is 12.2 Å². The van der Waals surface area contributed by atoms with Crippen LogP contribution in [0, 0.1) is 0 Å². The summed E-state index contributed by atoms with van der Waals surface area (Å²) in [4.78, 5) is 55.1. The summed E-state index contributed by atoms with van der Waals surface area (Å²) in [6, 6.07) is 23.4. The minimum Gasteiger partial charge on any atom is -0.342 e. The molecule has 1 aliphatic carbocycles. The minimum absolute atomic E-state index is 0.116. The summed E-state index contributed by atoms with van der Waals surface area (Å²) in [6.45, 7) is 14.0. The van der Waals surface area contributed by atoms with E-state index in [0.29, 0.717) is 75.2 Å². The van der Waals surface area contributed by atoms with Crippen LogP contribution in [0.3, 0.4) is 0 Å². The third-order valence-corrected chi connectivity index (χ3v) is 11.5. The number of hydrogen-bond acceptors (Lipinski definition) is 10. The van der Waals surface area contributed by atoms with E-state index in [-0.39, 0.29) is 5.92 Å². The fourth-order valence-corrected chi connectivity index (χ4v) is 8.64. The number of benzene rings is 3. The summed E-state index contributed by atoms with van der Waals surface area (Å²) in [7, 11) is 0. The zero-order chi connectivity index (χ0) is 39.8. The van der Waals surface area contributed by atoms with Gasteiger partial charge < -0.3 is 9.80 Å². The fourth-order valence-electron chi connectivity index (χ4n) is 8.64. The lowest BCUT2D eigenvalue weighted by molar-refractivity contribution is 0.113. The van der Waals surface area contributed by atoms with E-state index < -0.39 is 12.2 Å². The van der Waals surface area contributed by atoms with E-state index in [9.17, 15) is 9.59 Å². The van der Waals surface area contributed by atoms with E-state index >= 15 is 0 Å². The van der Waals surface area contributed by atoms with Crippen molar-refractivity contribution in [2.75, 3.05) is 52.4 Å². The number of oxime groups is 2. The first-order valence-electron chi connectivity index (χ1n) is 20.8. The molecule has 8 rings (SSSR count). The molecule has 0 atom stereocenters. The Bertz CT molecular complexity index is 2030. The fraction of sp³-hybridized carbons (Fsp3) is 0.391. The molecule has 0 N–H and O–H groups in total. The van der Waals surface area contributed by atoms with Crippen LogP contribution in [0.15, 0.2) is 112 Å². The molecule has 2 amide bonds. The molecule has 12 nitrogen and oxygen atoms in total. The smallest absolute Gasteiger partial charge is 0.342 e. The highest BCUT2D eigenvalue weighted by molar-refractivity contribution is 6.05. The number of nitrogens with zero attached hydrogens (tertiary/aromatic N) is 8. The Morgan fingerprint density at radius 1 is 0.655 bits per heavy atom. The van der Waals surface area contributed by atoms with E-state index in [4.69, 9.17) is 9.68 Å². The summed E-state index contributed by atoms with van der Waals surface area (Å²) in [5, 5.41) is 9.02. The maximum absolute atomic E-state index is 13.5. The molecular weight excluding hydrogens is 729 g/mol. The van der Waals surface area contributed by atoms with Crippen LogP contribution in [0.1, 0.15) is 85.1 Å². The summed E-state index contributed by atoms with van der Waals surface area (Å²) in [5.41, 5.74) is 8.91. The highest BCUT2D eigenvalue weighted by Crippen LogP contribution is 2.47. The van der Waals surface area contributed by atoms with Crippen LogP contribution in [0.5, 0.6) is 0 Å². The van der Waals surface area contributed by atoms with Gasteiger partial charge in [0.05, 0.1) is 11.4 Å². The van der Waals surface area contributed by atoms with Crippen molar-refractivity contribution in [3.63, 3.8) is 0 Å². The molecule has 2 saturated heterocycles. The van der Waals surface area contributed by atoms with Gasteiger partial charge in [-0.1, -0.05) is 77.1 Å². The van der Waals surface area contributed by atoms with E-state index in [0.717, 1.165) is 80.5 Å². The Morgan fingerprint density at radius 2 is 1.14 bits per heavy atom. The largest absolute Gasteiger partial charge is 0.442 e. The van der Waals surface area contributed by atoms with Gasteiger partial charge in [0, 0.05) is 58.3 Å². The van der Waals surface area contributed by atoms with Gasteiger partial charge in [-0.3, -0.25) is 19.7 Å². The van der Waals surface area contributed by atoms with Gasteiger partial charge in [0.25, 0.3) is 0 Å². The predicted octanol–water partition coefficient (Wildman–Crippen LogP) is 8.19. The Balaban J connectivity index is 1.12. The molecule has 4 aliphatic heterocycles. The van der Waals surface area contributed by atoms with Gasteiger partial charge in [-0.15, -0.1) is 13.2 Å². The summed E-state index contributed by atoms with van der Waals surface area (Å²) < 4.78 is 0. The van der Waals surface area contributed by atoms with Gasteiger partial charge in [-0.05, 0) is 109 Å². The molecule has 5 aliphatic rings. The van der Waals surface area contributed by atoms with Crippen molar-refractivity contribution >= 4 is 35.5 Å². The van der Waals surface area contributed by atoms with Crippen molar-refractivity contribution in [1.29, 1.82) is 0 Å². The molecule has 3 aromatic rings. The van der Waals surface area contributed by atoms with Crippen LogP contribution in [0.2, 0.25) is 0 Å². The van der Waals surface area contributed by atoms with E-state index in [2.05, 4.69) is 104 Å². The summed E-state index contributed by atoms with van der Waals surface area (Å²) in [6.07, 6.45) is 9.60. The number of rotatable bonds is 12. The number of fused-ring (bicyclic) bond motifs is 5. The van der Waals surface area contributed by atoms with Gasteiger partial charge in [0.1, 0.15) is 0 Å². The number of amides is 2. The second kappa shape index (κ2) is 18.0. The molecule has 3 aromatic carbocycles. The average Bonchev–Trinajstić information content (AvgIpc) is 3.57. The molecule has 300 valence electrons. The van der Waals surface area contributed by atoms with Crippen molar-refractivity contribution in [2.45, 2.75) is 63.7 Å². The van der Waals surface area contributed by atoms with Crippen LogP contribution in [-0.4, -0.2) is 107 Å². The van der Waals surface area contributed by atoms with Gasteiger partial charge in [-0.2, -0.15) is 0 Å². The Morgan fingerprint density at radius 3 is 1.62 bits per heavy atom. The van der Waals surface area contributed by atoms with E-state index in [1.807, 2.05) is 18.2 Å². The van der Waals surface area contributed by atoms with Crippen molar-refractivity contribution in [2.24, 2.45) is 20.3 Å². The minimum atomic E-state index is -0.517. The van der Waals surface area contributed by atoms with E-state index in [1.54, 1.807) is 9.80 Å². The van der Waals surface area contributed by atoms with E-state index in [1.165, 1.54) is 16.7 Å². The van der Waals surface area contributed by atoms with Crippen LogP contribution in [0.4, 0.5) is 9.59 Å². The number of carbonyl (C=O) groups excluding carboxylic acids is 2. The van der Waals surface area contributed by atoms with Crippen molar-refractivity contribution < 1.29 is 19.3 Å². The molecule has 0 bridgehead atoms. The molecule has 58 heavy (non-hydrogen) atoms. The Labute approximate surface area is 340 Å². The first-order valence-corrected chi connectivity index (χ1v) is 20.8. The molecule has 0 aromatic heterocycles. The normalized spacial score (nSPS) is 18.9. The SMILES string of the molecule is C=CCC/C(=N\OC(=O)N1CCCN2CCCN=C21)c1ccc2c(c1)-c1cc(/C(CCC=C)=N/OC(=O)N3CCCN4CCCN=C43)ccc1C2Cc1ccccc1. The second-order valence-electron chi connectivity index (χ2n) is 15.3. The Hall–Kier alpha value is -6.04. The maximum Gasteiger partial charge on any atom is 0.442 e. The van der Waals surface area contributed by atoms with Crippen LogP contribution in [0.25, 0.3) is 11.1 Å². The molecular formula is C46H52N8O4. The first kappa shape index (κ1) is 38.8. The third kappa shape index (κ3) is 8.32. The second-order valence-corrected chi connectivity index (χ2v) is 15.3. The molecule has 0 radical (unpaired) electrons. The average molecular weight is 781 g/mol. The van der Waals surface area contributed by atoms with Crippen molar-refractivity contribution in [3.05, 3.63) is 120 Å². The standard InChI is InChI=1S/C46H52N8O4/c1-3-5-16-41(49-57-45(55)53-28-12-26-51-24-10-22-47-43(51)53)34-18-20-36-38(30-33-14-8-7-9-15-33)37-21-19-35(32-40(37)39(36)31-34)42(17-6-4-2)50-58-46(56)54-29-13-27-52-25-11-23-48-44(52)54/h3-4,7-9,14-15,18-21,31-32,38H,1-2,5-6,10-13,16-17,22-30H2/b49-41+,50-42+. The highest BCUT2D eigenvalue weighted by Gasteiger charge is 2.34. The lowest BCUT2D eigenvalue weighted by atomic mass is 9.89. The monoisotopic (exact) mass is 780 g/mol. The molecule has 0 unspecified atom stereocenters. The number of hydrogen-bond donors (Lipinski definition) is 0. The van der Waals surface area contributed by atoms with Gasteiger partial charge in [-0.25, -0.2) is 19.4 Å².